The minimum atomic E-state index is -0.717. The molecular weight excluding hydrogens is 352 g/mol. The van der Waals surface area contributed by atoms with Crippen molar-refractivity contribution in [2.45, 2.75) is 19.4 Å². The first-order valence-electron chi connectivity index (χ1n) is 8.62. The van der Waals surface area contributed by atoms with E-state index in [2.05, 4.69) is 4.98 Å². The summed E-state index contributed by atoms with van der Waals surface area (Å²) in [6.45, 7) is -0.0537. The van der Waals surface area contributed by atoms with Gasteiger partial charge in [-0.1, -0.05) is 12.1 Å². The summed E-state index contributed by atoms with van der Waals surface area (Å²) in [7, 11) is 0. The average Bonchev–Trinajstić information content (AvgIpc) is 2.68. The smallest absolute Gasteiger partial charge is 0.326 e. The van der Waals surface area contributed by atoms with Gasteiger partial charge in [-0.15, -0.1) is 0 Å². The van der Waals surface area contributed by atoms with Crippen LogP contribution in [0.4, 0.5) is 0 Å². The molecule has 1 aliphatic rings. The predicted octanol–water partition coefficient (Wildman–Crippen LogP) is -0.336. The molecule has 1 aromatic heterocycles. The van der Waals surface area contributed by atoms with Crippen molar-refractivity contribution in [2.24, 2.45) is 11.7 Å². The Morgan fingerprint density at radius 1 is 1.26 bits per heavy atom. The van der Waals surface area contributed by atoms with Crippen LogP contribution in [0.3, 0.4) is 0 Å². The molecule has 0 bridgehead atoms. The number of fused-ring (bicyclic) bond motifs is 1. The highest BCUT2D eigenvalue weighted by atomic mass is 16.5. The zero-order valence-corrected chi connectivity index (χ0v) is 14.7. The first-order valence-corrected chi connectivity index (χ1v) is 8.62. The van der Waals surface area contributed by atoms with E-state index in [0.29, 0.717) is 30.3 Å². The number of likely N-dealkylation sites (tertiary alicyclic amines) is 1. The number of piperidine rings is 1. The molecule has 0 unspecified atom stereocenters. The molecule has 2 N–H and O–H groups in total. The molecule has 3 rings (SSSR count). The normalized spacial score (nSPS) is 16.9. The highest BCUT2D eigenvalue weighted by Gasteiger charge is 2.27. The van der Waals surface area contributed by atoms with Gasteiger partial charge in [0.2, 0.25) is 5.91 Å². The van der Waals surface area contributed by atoms with Crippen LogP contribution in [0.5, 0.6) is 0 Å². The van der Waals surface area contributed by atoms with Crippen molar-refractivity contribution in [1.82, 2.24) is 14.5 Å². The third-order valence-electron chi connectivity index (χ3n) is 4.56. The van der Waals surface area contributed by atoms with E-state index in [-0.39, 0.29) is 24.6 Å². The zero-order valence-electron chi connectivity index (χ0n) is 14.7. The number of esters is 1. The van der Waals surface area contributed by atoms with Crippen molar-refractivity contribution in [2.75, 3.05) is 19.7 Å². The van der Waals surface area contributed by atoms with Crippen molar-refractivity contribution >= 4 is 28.7 Å². The molecule has 142 valence electrons. The molecule has 1 fully saturated rings. The second kappa shape index (κ2) is 7.98. The fraction of sp³-hybridized carbons (Fsp3) is 0.389. The number of aromatic nitrogens is 2. The molecule has 0 radical (unpaired) electrons. The van der Waals surface area contributed by atoms with E-state index in [1.165, 1.54) is 11.2 Å². The number of primary amides is 1. The minimum absolute atomic E-state index is 0.236. The summed E-state index contributed by atoms with van der Waals surface area (Å²) in [5.74, 6) is -1.92. The van der Waals surface area contributed by atoms with Crippen LogP contribution in [0.15, 0.2) is 35.4 Å². The van der Waals surface area contributed by atoms with Gasteiger partial charge in [-0.3, -0.25) is 23.7 Å². The van der Waals surface area contributed by atoms with Crippen LogP contribution in [-0.4, -0.2) is 51.9 Å². The highest BCUT2D eigenvalue weighted by molar-refractivity contribution is 5.82. The third-order valence-corrected chi connectivity index (χ3v) is 4.56. The van der Waals surface area contributed by atoms with Crippen molar-refractivity contribution in [1.29, 1.82) is 0 Å². The number of ether oxygens (including phenoxy) is 1. The Hall–Kier alpha value is -3.23. The largest absolute Gasteiger partial charge is 0.454 e. The van der Waals surface area contributed by atoms with E-state index in [9.17, 15) is 19.2 Å². The molecule has 2 aromatic rings. The van der Waals surface area contributed by atoms with Crippen LogP contribution >= 0.6 is 0 Å². The van der Waals surface area contributed by atoms with Gasteiger partial charge in [0, 0.05) is 13.1 Å². The van der Waals surface area contributed by atoms with Crippen molar-refractivity contribution in [3.05, 3.63) is 40.9 Å². The van der Waals surface area contributed by atoms with Crippen molar-refractivity contribution in [3.63, 3.8) is 0 Å². The molecule has 2 amide bonds. The molecule has 0 spiro atoms. The van der Waals surface area contributed by atoms with Crippen molar-refractivity contribution in [3.8, 4) is 0 Å². The van der Waals surface area contributed by atoms with Crippen LogP contribution in [0.25, 0.3) is 10.9 Å². The van der Waals surface area contributed by atoms with Gasteiger partial charge in [-0.25, -0.2) is 4.98 Å². The Morgan fingerprint density at radius 2 is 2.04 bits per heavy atom. The number of para-hydroxylation sites is 1. The first-order chi connectivity index (χ1) is 13.0. The summed E-state index contributed by atoms with van der Waals surface area (Å²) in [6, 6.07) is 6.81. The number of carbonyl (C=O) groups is 3. The lowest BCUT2D eigenvalue weighted by Crippen LogP contribution is -2.45. The quantitative estimate of drug-likeness (QED) is 0.716. The Morgan fingerprint density at radius 3 is 2.81 bits per heavy atom. The molecule has 9 nitrogen and oxygen atoms in total. The van der Waals surface area contributed by atoms with Crippen molar-refractivity contribution < 1.29 is 19.1 Å². The molecular formula is C18H20N4O5. The Balaban J connectivity index is 1.57. The number of carbonyl (C=O) groups excluding carboxylic acids is 3. The first kappa shape index (κ1) is 18.6. The molecule has 27 heavy (non-hydrogen) atoms. The number of nitrogens with two attached hydrogens (primary N) is 1. The molecule has 1 atom stereocenters. The minimum Gasteiger partial charge on any atom is -0.454 e. The number of benzene rings is 1. The van der Waals surface area contributed by atoms with Gasteiger partial charge in [0.1, 0.15) is 6.54 Å². The maximum absolute atomic E-state index is 12.3. The van der Waals surface area contributed by atoms with Gasteiger partial charge in [0.25, 0.3) is 11.5 Å². The number of hydrogen-bond donors (Lipinski definition) is 1. The van der Waals surface area contributed by atoms with E-state index in [1.807, 2.05) is 0 Å². The van der Waals surface area contributed by atoms with Gasteiger partial charge < -0.3 is 15.4 Å². The van der Waals surface area contributed by atoms with Gasteiger partial charge in [0.15, 0.2) is 6.61 Å². The lowest BCUT2D eigenvalue weighted by molar-refractivity contribution is -0.153. The fourth-order valence-corrected chi connectivity index (χ4v) is 3.07. The van der Waals surface area contributed by atoms with Crippen LogP contribution in [0.1, 0.15) is 12.8 Å². The molecule has 0 aliphatic carbocycles. The van der Waals surface area contributed by atoms with Crippen LogP contribution in [-0.2, 0) is 25.7 Å². The summed E-state index contributed by atoms with van der Waals surface area (Å²) >= 11 is 0. The van der Waals surface area contributed by atoms with Crippen LogP contribution in [0.2, 0.25) is 0 Å². The number of amides is 2. The maximum Gasteiger partial charge on any atom is 0.326 e. The molecule has 1 aliphatic heterocycles. The van der Waals surface area contributed by atoms with Gasteiger partial charge >= 0.3 is 5.97 Å². The molecule has 0 saturated carbocycles. The number of rotatable bonds is 5. The van der Waals surface area contributed by atoms with Gasteiger partial charge in [-0.2, -0.15) is 0 Å². The van der Waals surface area contributed by atoms with E-state index in [1.54, 1.807) is 24.3 Å². The lowest BCUT2D eigenvalue weighted by Gasteiger charge is -2.31. The third kappa shape index (κ3) is 4.30. The summed E-state index contributed by atoms with van der Waals surface area (Å²) in [4.78, 5) is 53.4. The Labute approximate surface area is 154 Å². The van der Waals surface area contributed by atoms with Gasteiger partial charge in [0.05, 0.1) is 23.1 Å². The number of hydrogen-bond acceptors (Lipinski definition) is 6. The predicted molar refractivity (Wildman–Crippen MR) is 95.5 cm³/mol. The topological polar surface area (TPSA) is 125 Å². The maximum atomic E-state index is 12.3. The van der Waals surface area contributed by atoms with E-state index in [4.69, 9.17) is 10.5 Å². The molecule has 2 heterocycles. The summed E-state index contributed by atoms with van der Waals surface area (Å²) in [5, 5.41) is 0.398. The number of nitrogens with zero attached hydrogens (tertiary/aromatic N) is 3. The summed E-state index contributed by atoms with van der Waals surface area (Å²) in [5.41, 5.74) is 5.47. The van der Waals surface area contributed by atoms with E-state index >= 15 is 0 Å². The van der Waals surface area contributed by atoms with E-state index < -0.39 is 24.4 Å². The second-order valence-corrected chi connectivity index (χ2v) is 6.44. The monoisotopic (exact) mass is 372 g/mol. The molecule has 1 saturated heterocycles. The van der Waals surface area contributed by atoms with Crippen LogP contribution in [0, 0.1) is 5.92 Å². The van der Waals surface area contributed by atoms with Gasteiger partial charge in [-0.05, 0) is 25.0 Å². The fourth-order valence-electron chi connectivity index (χ4n) is 3.07. The van der Waals surface area contributed by atoms with Crippen LogP contribution < -0.4 is 11.3 Å². The second-order valence-electron chi connectivity index (χ2n) is 6.44. The van der Waals surface area contributed by atoms with E-state index in [0.717, 1.165) is 4.57 Å². The molecule has 1 aromatic carbocycles. The average molecular weight is 372 g/mol. The highest BCUT2D eigenvalue weighted by Crippen LogP contribution is 2.16. The standard InChI is InChI=1S/C18H20N4O5/c19-17(25)12-4-3-7-21(8-12)15(23)10-27-16(24)9-22-11-20-14-6-2-1-5-13(14)18(22)26/h1-2,5-6,11-12H,3-4,7-10H2,(H2,19,25)/t12-/m1/s1. The Kier molecular flexibility index (Phi) is 5.49. The zero-order chi connectivity index (χ0) is 19.4. The Bertz CT molecular complexity index is 939. The lowest BCUT2D eigenvalue weighted by atomic mass is 9.97. The SMILES string of the molecule is NC(=O)[C@@H]1CCCN(C(=O)COC(=O)Cn2cnc3ccccc3c2=O)C1. The summed E-state index contributed by atoms with van der Waals surface area (Å²) in [6.07, 6.45) is 2.60. The summed E-state index contributed by atoms with van der Waals surface area (Å²) < 4.78 is 6.13. The molecule has 9 heteroatoms.